The Labute approximate surface area is 544 Å². The van der Waals surface area contributed by atoms with Gasteiger partial charge in [0.25, 0.3) is 26.1 Å². The van der Waals surface area contributed by atoms with E-state index in [9.17, 15) is 103 Å². The summed E-state index contributed by atoms with van der Waals surface area (Å²) in [6, 6.07) is 1.50. The summed E-state index contributed by atoms with van der Waals surface area (Å²) in [7, 11) is -13.1. The van der Waals surface area contributed by atoms with Crippen molar-refractivity contribution >= 4 is 101 Å². The van der Waals surface area contributed by atoms with Crippen molar-refractivity contribution in [3.05, 3.63) is 81.4 Å². The van der Waals surface area contributed by atoms with Gasteiger partial charge in [-0.2, -0.15) is 21.6 Å². The van der Waals surface area contributed by atoms with Crippen molar-refractivity contribution in [1.82, 2.24) is 65.4 Å². The van der Waals surface area contributed by atoms with E-state index >= 15 is 0 Å². The normalized spacial score (nSPS) is 15.2. The molecule has 524 valence electrons. The van der Waals surface area contributed by atoms with E-state index in [0.717, 1.165) is 5.56 Å². The monoisotopic (exact) mass is 1400 g/mol. The summed E-state index contributed by atoms with van der Waals surface area (Å²) in [5.41, 5.74) is 0.610. The second-order valence-corrected chi connectivity index (χ2v) is 26.8. The first-order chi connectivity index (χ1) is 44.6. The molecule has 5 rings (SSSR count). The number of hydrogen-bond acceptors (Lipinski definition) is 23. The molecule has 0 spiro atoms. The summed E-state index contributed by atoms with van der Waals surface area (Å²) in [5.74, 6) is -12.7. The quantitative estimate of drug-likeness (QED) is 0.0153. The number of pyridine rings is 1. The number of anilines is 1. The average Bonchev–Trinajstić information content (AvgIpc) is 0.891. The lowest BCUT2D eigenvalue weighted by Crippen LogP contribution is -2.57. The van der Waals surface area contributed by atoms with Crippen LogP contribution in [0.25, 0.3) is 10.9 Å². The Morgan fingerprint density at radius 2 is 1.20 bits per heavy atom. The largest absolute Gasteiger partial charge is 0.494 e. The van der Waals surface area contributed by atoms with Crippen LogP contribution in [-0.4, -0.2) is 277 Å². The third kappa shape index (κ3) is 26.5. The number of carbonyl (C=O) groups is 9. The average molecular weight is 1400 g/mol. The fourth-order valence-electron chi connectivity index (χ4n) is 9.94. The van der Waals surface area contributed by atoms with Gasteiger partial charge >= 0.3 is 23.9 Å². The van der Waals surface area contributed by atoms with Gasteiger partial charge in [-0.15, -0.1) is 0 Å². The lowest BCUT2D eigenvalue weighted by atomic mass is 10.1. The number of aliphatic carboxylic acids is 4. The molecule has 4 aromatic rings. The van der Waals surface area contributed by atoms with Crippen LogP contribution in [0.3, 0.4) is 0 Å². The van der Waals surface area contributed by atoms with Gasteiger partial charge in [0.1, 0.15) is 40.9 Å². The number of benzene rings is 2. The van der Waals surface area contributed by atoms with E-state index in [2.05, 4.69) is 41.3 Å². The van der Waals surface area contributed by atoms with Crippen molar-refractivity contribution < 1.29 is 103 Å². The maximum atomic E-state index is 13.7. The SMILES string of the molecule is Cc1cc(OCCCC(=O)NCCNC(=O)C(CS(=O)(=O)O)NC(=O)C(CS(=O)(=O)O)NC(=O)CCN2CCN(CC(=O)O)CCN(CC(=O)O)CCN(CC(=O)O)CC2)cc(C)c1S(=O)(=O)N[C@@H](CNC(=O)c1cn(C)c2cc(CNc3ncc[nH]3)ccc2c1=O)C(=O)O. The number of rotatable bonds is 35. The second-order valence-electron chi connectivity index (χ2n) is 22.1. The maximum absolute atomic E-state index is 13.7. The zero-order valence-electron chi connectivity index (χ0n) is 51.9. The molecular formula is C55H78N14O23S3. The van der Waals surface area contributed by atoms with Crippen molar-refractivity contribution in [1.29, 1.82) is 0 Å². The fourth-order valence-corrected chi connectivity index (χ4v) is 12.9. The second kappa shape index (κ2) is 35.7. The first-order valence-electron chi connectivity index (χ1n) is 29.3. The van der Waals surface area contributed by atoms with E-state index < -0.39 is 158 Å². The Bertz CT molecular complexity index is 3780. The van der Waals surface area contributed by atoms with E-state index in [0.29, 0.717) is 18.0 Å². The molecule has 0 radical (unpaired) electrons. The van der Waals surface area contributed by atoms with E-state index in [1.165, 1.54) is 46.9 Å². The lowest BCUT2D eigenvalue weighted by molar-refractivity contribution is -0.140. The van der Waals surface area contributed by atoms with Crippen LogP contribution in [0.5, 0.6) is 5.75 Å². The van der Waals surface area contributed by atoms with Gasteiger partial charge in [0.2, 0.25) is 39.1 Å². The van der Waals surface area contributed by atoms with Crippen molar-refractivity contribution in [2.75, 3.05) is 122 Å². The molecule has 2 aromatic carbocycles. The molecule has 1 fully saturated rings. The zero-order valence-corrected chi connectivity index (χ0v) is 54.4. The van der Waals surface area contributed by atoms with Crippen LogP contribution in [0.2, 0.25) is 0 Å². The van der Waals surface area contributed by atoms with Crippen LogP contribution in [0, 0.1) is 13.8 Å². The summed E-state index contributed by atoms with van der Waals surface area (Å²) in [5, 5.41) is 52.9. The number of nitrogens with zero attached hydrogens (tertiary/aromatic N) is 6. The number of aromatic nitrogens is 3. The molecule has 0 aliphatic carbocycles. The number of carboxylic acids is 4. The van der Waals surface area contributed by atoms with Crippen LogP contribution in [0.4, 0.5) is 5.95 Å². The predicted octanol–water partition coefficient (Wildman–Crippen LogP) is -4.35. The standard InChI is InChI=1S/C55H78N14O23S3/c1-34-23-37(24-35(2)50(34)95(90,91)64-40(54(82)83)27-60-51(79)39-28-65(3)43-25-36(6-7-38(43)49(39)78)26-61-55-58-11-12-59-55)92-22-4-5-44(70)56-9-10-57-52(80)41(32-93(84,85)86)63-53(81)42(33-94(87,88)89)62-45(71)8-13-66-14-16-67(29-46(72)73)18-20-69(31-48(76)77)21-19-68(17-15-66)30-47(74)75/h6-7,11-12,23-25,28,40-42,64H,4-5,8-10,13-22,26-27,29-33H2,1-3H3,(H,56,70)(H,57,80)(H,60,79)(H,62,71)(H,63,81)(H,72,73)(H,74,75)(H,76,77)(H,82,83)(H2,58,59,61)(H,84,85,86)(H,87,88,89)/t40-,41?,42?/m0/s1. The van der Waals surface area contributed by atoms with Gasteiger partial charge < -0.3 is 71.5 Å². The van der Waals surface area contributed by atoms with E-state index in [-0.39, 0.29) is 118 Å². The number of fused-ring (bicyclic) bond motifs is 1. The number of carbonyl (C=O) groups excluding carboxylic acids is 5. The van der Waals surface area contributed by atoms with E-state index in [1.54, 1.807) is 47.1 Å². The third-order valence-corrected chi connectivity index (χ3v) is 17.8. The Morgan fingerprint density at radius 1 is 0.663 bits per heavy atom. The number of H-pyrrole nitrogens is 1. The van der Waals surface area contributed by atoms with Gasteiger partial charge in [0.05, 0.1) is 36.7 Å². The first-order valence-corrected chi connectivity index (χ1v) is 34.0. The van der Waals surface area contributed by atoms with Gasteiger partial charge in [0, 0.05) is 129 Å². The van der Waals surface area contributed by atoms with Crippen molar-refractivity contribution in [3.8, 4) is 5.75 Å². The molecule has 37 nitrogen and oxygen atoms in total. The predicted molar refractivity (Wildman–Crippen MR) is 336 cm³/mol. The van der Waals surface area contributed by atoms with Crippen molar-refractivity contribution in [2.24, 2.45) is 7.05 Å². The molecule has 0 saturated carbocycles. The molecule has 5 amide bonds. The Kier molecular flexibility index (Phi) is 28.9. The summed E-state index contributed by atoms with van der Waals surface area (Å²) in [6.07, 6.45) is 3.94. The Morgan fingerprint density at radius 3 is 1.72 bits per heavy atom. The summed E-state index contributed by atoms with van der Waals surface area (Å²) in [6.45, 7) is 1.03. The van der Waals surface area contributed by atoms with E-state index in [1.807, 2.05) is 5.32 Å². The molecule has 3 heterocycles. The smallest absolute Gasteiger partial charge is 0.323 e. The molecule has 3 atom stereocenters. The Balaban J connectivity index is 1.09. The van der Waals surface area contributed by atoms with Crippen molar-refractivity contribution in [2.45, 2.75) is 62.7 Å². The number of imidazole rings is 1. The van der Waals surface area contributed by atoms with Gasteiger partial charge in [-0.3, -0.25) is 71.8 Å². The molecular weight excluding hydrogens is 1320 g/mol. The van der Waals surface area contributed by atoms with Gasteiger partial charge in [-0.25, -0.2) is 13.4 Å². The van der Waals surface area contributed by atoms with Crippen molar-refractivity contribution in [3.63, 3.8) is 0 Å². The minimum Gasteiger partial charge on any atom is -0.494 e. The third-order valence-electron chi connectivity index (χ3n) is 14.5. The highest BCUT2D eigenvalue weighted by molar-refractivity contribution is 7.89. The van der Waals surface area contributed by atoms with Gasteiger partial charge in [-0.05, 0) is 61.2 Å². The minimum absolute atomic E-state index is 0.0768. The molecule has 2 unspecified atom stereocenters. The lowest BCUT2D eigenvalue weighted by Gasteiger charge is -2.33. The number of aromatic amines is 1. The topological polar surface area (TPSA) is 535 Å². The highest BCUT2D eigenvalue weighted by atomic mass is 32.2. The number of amides is 5. The number of carboxylic acid groups (broad SMARTS) is 4. The zero-order chi connectivity index (χ0) is 70.4. The van der Waals surface area contributed by atoms with Crippen LogP contribution in [0.1, 0.15) is 46.3 Å². The van der Waals surface area contributed by atoms with E-state index in [4.69, 9.17) is 4.74 Å². The fraction of sp³-hybridized carbons (Fsp3) is 0.509. The molecule has 40 heteroatoms. The van der Waals surface area contributed by atoms with Crippen LogP contribution in [-0.2, 0) is 82.2 Å². The van der Waals surface area contributed by atoms with Gasteiger partial charge in [0.15, 0.2) is 5.95 Å². The van der Waals surface area contributed by atoms with Crippen LogP contribution >= 0.6 is 0 Å². The Hall–Kier alpha value is -8.74. The number of aryl methyl sites for hydroxylation is 3. The highest BCUT2D eigenvalue weighted by Gasteiger charge is 2.34. The first kappa shape index (κ1) is 77.0. The minimum atomic E-state index is -5.09. The molecule has 1 aliphatic heterocycles. The van der Waals surface area contributed by atoms with Crippen LogP contribution < -0.4 is 46.8 Å². The molecule has 2 aromatic heterocycles. The summed E-state index contributed by atoms with van der Waals surface area (Å²) < 4.78 is 104. The highest BCUT2D eigenvalue weighted by Crippen LogP contribution is 2.26. The molecule has 1 saturated heterocycles. The molecule has 0 bridgehead atoms. The summed E-state index contributed by atoms with van der Waals surface area (Å²) in [4.78, 5) is 140. The molecule has 14 N–H and O–H groups in total. The number of ether oxygens (including phenoxy) is 1. The maximum Gasteiger partial charge on any atom is 0.323 e. The van der Waals surface area contributed by atoms with Gasteiger partial charge in [-0.1, -0.05) is 6.07 Å². The molecule has 1 aliphatic rings. The number of nitrogens with one attached hydrogen (secondary N) is 8. The molecule has 95 heavy (non-hydrogen) atoms. The number of sulfonamides is 1. The summed E-state index contributed by atoms with van der Waals surface area (Å²) >= 11 is 0. The number of hydrogen-bond donors (Lipinski definition) is 14. The van der Waals surface area contributed by atoms with Crippen LogP contribution in [0.15, 0.2) is 58.6 Å².